The van der Waals surface area contributed by atoms with Crippen LogP contribution in [0.2, 0.25) is 15.2 Å². The third-order valence-corrected chi connectivity index (χ3v) is 3.45. The van der Waals surface area contributed by atoms with Crippen LogP contribution < -0.4 is 0 Å². The Hall–Kier alpha value is -1.62. The van der Waals surface area contributed by atoms with E-state index in [4.69, 9.17) is 39.3 Å². The highest BCUT2D eigenvalue weighted by Gasteiger charge is 2.15. The molecule has 0 saturated heterocycles. The molecule has 4 nitrogen and oxygen atoms in total. The summed E-state index contributed by atoms with van der Waals surface area (Å²) in [6.45, 7) is 0. The van der Waals surface area contributed by atoms with Crippen LogP contribution in [0.3, 0.4) is 0 Å². The molecular weight excluding hydrogens is 321 g/mol. The molecule has 0 bridgehead atoms. The molecule has 100 valence electrons. The SMILES string of the molecule is Clc1ccc(Cl)c(-c2noc(-c3cccnc3Cl)n2)c1. The number of hydrogen-bond donors (Lipinski definition) is 0. The molecule has 7 heteroatoms. The summed E-state index contributed by atoms with van der Waals surface area (Å²) in [5.74, 6) is 0.613. The third kappa shape index (κ3) is 2.50. The van der Waals surface area contributed by atoms with E-state index in [1.54, 1.807) is 36.5 Å². The van der Waals surface area contributed by atoms with Gasteiger partial charge in [0.2, 0.25) is 5.82 Å². The van der Waals surface area contributed by atoms with E-state index < -0.39 is 0 Å². The van der Waals surface area contributed by atoms with Crippen molar-refractivity contribution in [1.82, 2.24) is 15.1 Å². The molecule has 3 rings (SSSR count). The summed E-state index contributed by atoms with van der Waals surface area (Å²) in [6, 6.07) is 8.51. The summed E-state index contributed by atoms with van der Waals surface area (Å²) in [4.78, 5) is 8.23. The van der Waals surface area contributed by atoms with Gasteiger partial charge in [0, 0.05) is 16.8 Å². The van der Waals surface area contributed by atoms with E-state index in [0.717, 1.165) is 0 Å². The Morgan fingerprint density at radius 2 is 1.85 bits per heavy atom. The molecule has 0 atom stereocenters. The first-order valence-electron chi connectivity index (χ1n) is 5.55. The molecular formula is C13H6Cl3N3O. The van der Waals surface area contributed by atoms with Crippen LogP contribution in [0.25, 0.3) is 22.8 Å². The van der Waals surface area contributed by atoms with E-state index in [-0.39, 0.29) is 5.89 Å². The van der Waals surface area contributed by atoms with Crippen LogP contribution in [-0.4, -0.2) is 15.1 Å². The number of hydrogen-bond acceptors (Lipinski definition) is 4. The molecule has 0 N–H and O–H groups in total. The van der Waals surface area contributed by atoms with Gasteiger partial charge in [0.05, 0.1) is 10.6 Å². The van der Waals surface area contributed by atoms with Gasteiger partial charge >= 0.3 is 0 Å². The highest BCUT2D eigenvalue weighted by molar-refractivity contribution is 6.35. The molecule has 1 aromatic carbocycles. The molecule has 0 aliphatic carbocycles. The van der Waals surface area contributed by atoms with Crippen LogP contribution in [-0.2, 0) is 0 Å². The minimum atomic E-state index is 0.272. The van der Waals surface area contributed by atoms with E-state index in [2.05, 4.69) is 15.1 Å². The van der Waals surface area contributed by atoms with Crippen molar-refractivity contribution in [1.29, 1.82) is 0 Å². The van der Waals surface area contributed by atoms with Crippen molar-refractivity contribution in [2.45, 2.75) is 0 Å². The fourth-order valence-corrected chi connectivity index (χ4v) is 2.23. The van der Waals surface area contributed by atoms with Crippen LogP contribution >= 0.6 is 34.8 Å². The zero-order valence-electron chi connectivity index (χ0n) is 9.85. The lowest BCUT2D eigenvalue weighted by Crippen LogP contribution is -1.84. The first-order chi connectivity index (χ1) is 9.65. The van der Waals surface area contributed by atoms with E-state index >= 15 is 0 Å². The molecule has 2 aromatic heterocycles. The van der Waals surface area contributed by atoms with Gasteiger partial charge in [-0.15, -0.1) is 0 Å². The number of halogens is 3. The van der Waals surface area contributed by atoms with Crippen molar-refractivity contribution in [3.05, 3.63) is 51.7 Å². The van der Waals surface area contributed by atoms with Gasteiger partial charge in [0.25, 0.3) is 5.89 Å². The molecule has 0 aliphatic rings. The second-order valence-electron chi connectivity index (χ2n) is 3.89. The summed E-state index contributed by atoms with van der Waals surface area (Å²) in [5.41, 5.74) is 1.15. The molecule has 0 amide bonds. The van der Waals surface area contributed by atoms with Crippen LogP contribution in [0.15, 0.2) is 41.1 Å². The van der Waals surface area contributed by atoms with Gasteiger partial charge in [-0.25, -0.2) is 4.98 Å². The van der Waals surface area contributed by atoms with Gasteiger partial charge in [0.15, 0.2) is 0 Å². The Labute approximate surface area is 129 Å². The Morgan fingerprint density at radius 1 is 1.00 bits per heavy atom. The molecule has 0 radical (unpaired) electrons. The van der Waals surface area contributed by atoms with E-state index in [0.29, 0.717) is 32.1 Å². The molecule has 0 aliphatic heterocycles. The summed E-state index contributed by atoms with van der Waals surface area (Å²) in [7, 11) is 0. The number of pyridine rings is 1. The number of nitrogens with zero attached hydrogens (tertiary/aromatic N) is 3. The zero-order valence-corrected chi connectivity index (χ0v) is 12.1. The highest BCUT2D eigenvalue weighted by atomic mass is 35.5. The maximum absolute atomic E-state index is 6.10. The Bertz CT molecular complexity index is 773. The van der Waals surface area contributed by atoms with E-state index in [1.807, 2.05) is 0 Å². The quantitative estimate of drug-likeness (QED) is 0.637. The summed E-state index contributed by atoms with van der Waals surface area (Å²) < 4.78 is 5.19. The monoisotopic (exact) mass is 325 g/mol. The second-order valence-corrected chi connectivity index (χ2v) is 5.09. The topological polar surface area (TPSA) is 51.8 Å². The van der Waals surface area contributed by atoms with Crippen LogP contribution in [0.1, 0.15) is 0 Å². The minimum absolute atomic E-state index is 0.272. The summed E-state index contributed by atoms with van der Waals surface area (Å²) in [5, 5.41) is 5.20. The average Bonchev–Trinajstić information content (AvgIpc) is 2.91. The summed E-state index contributed by atoms with van der Waals surface area (Å²) in [6.07, 6.45) is 1.58. The van der Waals surface area contributed by atoms with Crippen molar-refractivity contribution >= 4 is 34.8 Å². The Kier molecular flexibility index (Phi) is 3.61. The van der Waals surface area contributed by atoms with Gasteiger partial charge in [-0.2, -0.15) is 4.98 Å². The van der Waals surface area contributed by atoms with Crippen molar-refractivity contribution in [2.75, 3.05) is 0 Å². The van der Waals surface area contributed by atoms with Gasteiger partial charge < -0.3 is 4.52 Å². The third-order valence-electron chi connectivity index (χ3n) is 2.58. The van der Waals surface area contributed by atoms with Gasteiger partial charge in [0.1, 0.15) is 5.15 Å². The number of aromatic nitrogens is 3. The first kappa shape index (κ1) is 13.4. The van der Waals surface area contributed by atoms with Crippen molar-refractivity contribution < 1.29 is 4.52 Å². The Balaban J connectivity index is 2.07. The first-order valence-corrected chi connectivity index (χ1v) is 6.68. The van der Waals surface area contributed by atoms with Crippen LogP contribution in [0.5, 0.6) is 0 Å². The highest BCUT2D eigenvalue weighted by Crippen LogP contribution is 2.31. The second kappa shape index (κ2) is 5.40. The zero-order chi connectivity index (χ0) is 14.1. The minimum Gasteiger partial charge on any atom is -0.333 e. The molecule has 0 fully saturated rings. The standard InChI is InChI=1S/C13H6Cl3N3O/c14-7-3-4-10(15)9(6-7)12-18-13(20-19-12)8-2-1-5-17-11(8)16/h1-6H. The molecule has 0 unspecified atom stereocenters. The smallest absolute Gasteiger partial charge is 0.261 e. The number of rotatable bonds is 2. The lowest BCUT2D eigenvalue weighted by Gasteiger charge is -1.98. The molecule has 0 spiro atoms. The normalized spacial score (nSPS) is 10.8. The maximum atomic E-state index is 6.10. The summed E-state index contributed by atoms with van der Waals surface area (Å²) >= 11 is 18.0. The Morgan fingerprint density at radius 3 is 2.65 bits per heavy atom. The largest absolute Gasteiger partial charge is 0.333 e. The van der Waals surface area contributed by atoms with Crippen LogP contribution in [0, 0.1) is 0 Å². The van der Waals surface area contributed by atoms with Crippen LogP contribution in [0.4, 0.5) is 0 Å². The molecule has 20 heavy (non-hydrogen) atoms. The number of benzene rings is 1. The average molecular weight is 327 g/mol. The van der Waals surface area contributed by atoms with Crippen molar-refractivity contribution in [2.24, 2.45) is 0 Å². The fraction of sp³-hybridized carbons (Fsp3) is 0. The van der Waals surface area contributed by atoms with Gasteiger partial charge in [-0.3, -0.25) is 0 Å². The van der Waals surface area contributed by atoms with E-state index in [1.165, 1.54) is 0 Å². The molecule has 2 heterocycles. The lowest BCUT2D eigenvalue weighted by atomic mass is 10.2. The molecule has 3 aromatic rings. The van der Waals surface area contributed by atoms with Crippen molar-refractivity contribution in [3.63, 3.8) is 0 Å². The van der Waals surface area contributed by atoms with Gasteiger partial charge in [-0.1, -0.05) is 40.0 Å². The molecule has 0 saturated carbocycles. The predicted molar refractivity (Wildman–Crippen MR) is 78.0 cm³/mol. The fourth-order valence-electron chi connectivity index (χ4n) is 1.66. The lowest BCUT2D eigenvalue weighted by molar-refractivity contribution is 0.432. The maximum Gasteiger partial charge on any atom is 0.261 e. The van der Waals surface area contributed by atoms with Gasteiger partial charge in [-0.05, 0) is 30.3 Å². The predicted octanol–water partition coefficient (Wildman–Crippen LogP) is 4.76. The van der Waals surface area contributed by atoms with Crippen molar-refractivity contribution in [3.8, 4) is 22.8 Å². The van der Waals surface area contributed by atoms with E-state index in [9.17, 15) is 0 Å².